The second kappa shape index (κ2) is 4.59. The molecule has 3 N–H and O–H groups in total. The van der Waals surface area contributed by atoms with Gasteiger partial charge in [-0.15, -0.1) is 0 Å². The van der Waals surface area contributed by atoms with Gasteiger partial charge in [-0.3, -0.25) is 19.7 Å². The fraction of sp³-hybridized carbons (Fsp3) is 0.308. The smallest absolute Gasteiger partial charge is 0.255 e. The summed E-state index contributed by atoms with van der Waals surface area (Å²) in [6, 6.07) is 3.40. The molecule has 0 radical (unpaired) electrons. The Labute approximate surface area is 114 Å². The normalized spacial score (nSPS) is 17.9. The molecule has 0 atom stereocenters. The number of carbonyl (C=O) groups excluding carboxylic acids is 3. The molecular formula is C13H14FN3O3. The lowest BCUT2D eigenvalue weighted by Gasteiger charge is -2.40. The van der Waals surface area contributed by atoms with E-state index in [0.717, 1.165) is 17.0 Å². The van der Waals surface area contributed by atoms with Crippen LogP contribution in [0.1, 0.15) is 24.2 Å². The molecule has 0 aromatic heterocycles. The number of amides is 3. The minimum Gasteiger partial charge on any atom is -0.399 e. The minimum atomic E-state index is -1.20. The number of nitrogens with one attached hydrogen (secondary N) is 1. The molecular weight excluding hydrogens is 265 g/mol. The van der Waals surface area contributed by atoms with Crippen LogP contribution in [0, 0.1) is 5.82 Å². The Morgan fingerprint density at radius 1 is 1.35 bits per heavy atom. The average Bonchev–Trinajstić information content (AvgIpc) is 2.32. The SMILES string of the molecule is CC1(C)C(=O)NC(=O)CN1C(=O)c1cc(N)cc(F)c1. The molecule has 1 aromatic rings. The summed E-state index contributed by atoms with van der Waals surface area (Å²) in [6.07, 6.45) is 0. The predicted octanol–water partition coefficient (Wildman–Crippen LogP) is 0.285. The molecule has 0 unspecified atom stereocenters. The zero-order chi connectivity index (χ0) is 15.1. The first kappa shape index (κ1) is 14.0. The first-order valence-electron chi connectivity index (χ1n) is 5.94. The molecule has 0 spiro atoms. The summed E-state index contributed by atoms with van der Waals surface area (Å²) in [5, 5.41) is 2.16. The summed E-state index contributed by atoms with van der Waals surface area (Å²) < 4.78 is 13.3. The highest BCUT2D eigenvalue weighted by atomic mass is 19.1. The van der Waals surface area contributed by atoms with Crippen molar-refractivity contribution in [1.82, 2.24) is 10.2 Å². The third kappa shape index (κ3) is 2.34. The second-order valence-corrected chi connectivity index (χ2v) is 5.10. The molecule has 1 fully saturated rings. The zero-order valence-electron chi connectivity index (χ0n) is 11.1. The lowest BCUT2D eigenvalue weighted by molar-refractivity contribution is -0.143. The third-order valence-corrected chi connectivity index (χ3v) is 3.20. The molecule has 1 heterocycles. The van der Waals surface area contributed by atoms with Crippen molar-refractivity contribution in [1.29, 1.82) is 0 Å². The van der Waals surface area contributed by atoms with Gasteiger partial charge >= 0.3 is 0 Å². The van der Waals surface area contributed by atoms with Crippen LogP contribution in [0.5, 0.6) is 0 Å². The van der Waals surface area contributed by atoms with Gasteiger partial charge in [0, 0.05) is 11.3 Å². The molecule has 0 bridgehead atoms. The molecule has 1 aliphatic heterocycles. The van der Waals surface area contributed by atoms with Crippen LogP contribution in [0.25, 0.3) is 0 Å². The van der Waals surface area contributed by atoms with E-state index in [-0.39, 0.29) is 17.8 Å². The van der Waals surface area contributed by atoms with Gasteiger partial charge in [0.15, 0.2) is 0 Å². The molecule has 0 aliphatic carbocycles. The van der Waals surface area contributed by atoms with Crippen LogP contribution < -0.4 is 11.1 Å². The summed E-state index contributed by atoms with van der Waals surface area (Å²) >= 11 is 0. The van der Waals surface area contributed by atoms with Crippen LogP contribution >= 0.6 is 0 Å². The monoisotopic (exact) mass is 279 g/mol. The Hall–Kier alpha value is -2.44. The summed E-state index contributed by atoms with van der Waals surface area (Å²) in [5.74, 6) is -2.43. The number of halogens is 1. The highest BCUT2D eigenvalue weighted by molar-refractivity contribution is 6.09. The van der Waals surface area contributed by atoms with Gasteiger partial charge < -0.3 is 10.6 Å². The Morgan fingerprint density at radius 2 is 2.00 bits per heavy atom. The minimum absolute atomic E-state index is 0.00178. The fourth-order valence-electron chi connectivity index (χ4n) is 2.00. The number of anilines is 1. The molecule has 2 rings (SSSR count). The number of rotatable bonds is 1. The van der Waals surface area contributed by atoms with Crippen molar-refractivity contribution in [2.75, 3.05) is 12.3 Å². The fourth-order valence-corrected chi connectivity index (χ4v) is 2.00. The number of hydrogen-bond donors (Lipinski definition) is 2. The van der Waals surface area contributed by atoms with Crippen LogP contribution in [0.4, 0.5) is 10.1 Å². The molecule has 6 nitrogen and oxygen atoms in total. The van der Waals surface area contributed by atoms with Gasteiger partial charge in [-0.2, -0.15) is 0 Å². The molecule has 1 aromatic carbocycles. The number of nitrogens with zero attached hydrogens (tertiary/aromatic N) is 1. The van der Waals surface area contributed by atoms with Gasteiger partial charge in [0.2, 0.25) is 5.91 Å². The maximum absolute atomic E-state index is 13.3. The standard InChI is InChI=1S/C13H14FN3O3/c1-13(2)12(20)16-10(18)6-17(13)11(19)7-3-8(14)5-9(15)4-7/h3-5H,6,15H2,1-2H3,(H,16,18,20). The maximum atomic E-state index is 13.3. The number of nitrogens with two attached hydrogens (primary N) is 1. The highest BCUT2D eigenvalue weighted by Gasteiger charge is 2.43. The Bertz CT molecular complexity index is 593. The number of nitrogen functional groups attached to an aromatic ring is 1. The van der Waals surface area contributed by atoms with Gasteiger partial charge in [0.25, 0.3) is 11.8 Å². The van der Waals surface area contributed by atoms with Gasteiger partial charge in [-0.1, -0.05) is 0 Å². The Balaban J connectivity index is 2.40. The van der Waals surface area contributed by atoms with Crippen molar-refractivity contribution in [3.05, 3.63) is 29.6 Å². The van der Waals surface area contributed by atoms with E-state index in [4.69, 9.17) is 5.73 Å². The van der Waals surface area contributed by atoms with E-state index in [1.807, 2.05) is 0 Å². The number of hydrogen-bond acceptors (Lipinski definition) is 4. The van der Waals surface area contributed by atoms with Crippen molar-refractivity contribution < 1.29 is 18.8 Å². The predicted molar refractivity (Wildman–Crippen MR) is 69.1 cm³/mol. The van der Waals surface area contributed by atoms with Gasteiger partial charge in [-0.25, -0.2) is 4.39 Å². The van der Waals surface area contributed by atoms with Gasteiger partial charge in [0.1, 0.15) is 17.9 Å². The topological polar surface area (TPSA) is 92.5 Å². The molecule has 3 amide bonds. The molecule has 1 saturated heterocycles. The lowest BCUT2D eigenvalue weighted by atomic mass is 9.97. The van der Waals surface area contributed by atoms with E-state index in [1.54, 1.807) is 0 Å². The van der Waals surface area contributed by atoms with Crippen molar-refractivity contribution in [3.63, 3.8) is 0 Å². The highest BCUT2D eigenvalue weighted by Crippen LogP contribution is 2.22. The van der Waals surface area contributed by atoms with E-state index < -0.39 is 29.1 Å². The summed E-state index contributed by atoms with van der Waals surface area (Å²) in [6.45, 7) is 2.75. The summed E-state index contributed by atoms with van der Waals surface area (Å²) in [4.78, 5) is 36.7. The van der Waals surface area contributed by atoms with Crippen molar-refractivity contribution in [3.8, 4) is 0 Å². The third-order valence-electron chi connectivity index (χ3n) is 3.20. The number of imide groups is 1. The van der Waals surface area contributed by atoms with Crippen LogP contribution in [0.15, 0.2) is 18.2 Å². The Kier molecular flexibility index (Phi) is 3.21. The van der Waals surface area contributed by atoms with Crippen molar-refractivity contribution in [2.45, 2.75) is 19.4 Å². The number of piperazine rings is 1. The van der Waals surface area contributed by atoms with Crippen LogP contribution in [0.3, 0.4) is 0 Å². The quantitative estimate of drug-likeness (QED) is 0.570. The largest absolute Gasteiger partial charge is 0.399 e. The van der Waals surface area contributed by atoms with Crippen LogP contribution in [-0.2, 0) is 9.59 Å². The second-order valence-electron chi connectivity index (χ2n) is 5.10. The molecule has 1 aliphatic rings. The van der Waals surface area contributed by atoms with Crippen molar-refractivity contribution >= 4 is 23.4 Å². The summed E-state index contributed by atoms with van der Waals surface area (Å²) in [5.41, 5.74) is 4.38. The van der Waals surface area contributed by atoms with Crippen molar-refractivity contribution in [2.24, 2.45) is 0 Å². The van der Waals surface area contributed by atoms with E-state index in [1.165, 1.54) is 19.9 Å². The molecule has 20 heavy (non-hydrogen) atoms. The molecule has 0 saturated carbocycles. The zero-order valence-corrected chi connectivity index (χ0v) is 11.1. The molecule has 7 heteroatoms. The van der Waals surface area contributed by atoms with E-state index in [0.29, 0.717) is 0 Å². The first-order chi connectivity index (χ1) is 9.21. The van der Waals surface area contributed by atoms with E-state index in [2.05, 4.69) is 5.32 Å². The Morgan fingerprint density at radius 3 is 2.60 bits per heavy atom. The molecule has 106 valence electrons. The average molecular weight is 279 g/mol. The van der Waals surface area contributed by atoms with E-state index >= 15 is 0 Å². The lowest BCUT2D eigenvalue weighted by Crippen LogP contribution is -2.65. The van der Waals surface area contributed by atoms with Gasteiger partial charge in [0.05, 0.1) is 0 Å². The van der Waals surface area contributed by atoms with Crippen LogP contribution in [0.2, 0.25) is 0 Å². The van der Waals surface area contributed by atoms with E-state index in [9.17, 15) is 18.8 Å². The number of carbonyl (C=O) groups is 3. The van der Waals surface area contributed by atoms with Gasteiger partial charge in [-0.05, 0) is 32.0 Å². The summed E-state index contributed by atoms with van der Waals surface area (Å²) in [7, 11) is 0. The maximum Gasteiger partial charge on any atom is 0.255 e. The van der Waals surface area contributed by atoms with Crippen LogP contribution in [-0.4, -0.2) is 34.7 Å². The number of benzene rings is 1. The first-order valence-corrected chi connectivity index (χ1v) is 5.94.